The van der Waals surface area contributed by atoms with Crippen LogP contribution >= 0.6 is 0 Å². The highest BCUT2D eigenvalue weighted by Crippen LogP contribution is 2.33. The third-order valence-corrected chi connectivity index (χ3v) is 8.13. The summed E-state index contributed by atoms with van der Waals surface area (Å²) in [5.74, 6) is 0.679. The van der Waals surface area contributed by atoms with Crippen LogP contribution in [0.25, 0.3) is 33.7 Å². The zero-order chi connectivity index (χ0) is 25.0. The number of hydrogen-bond donors (Lipinski definition) is 0. The molecule has 178 valence electrons. The van der Waals surface area contributed by atoms with E-state index in [9.17, 15) is 16.8 Å². The van der Waals surface area contributed by atoms with Gasteiger partial charge in [0.1, 0.15) is 11.5 Å². The van der Waals surface area contributed by atoms with E-state index in [4.69, 9.17) is 0 Å². The predicted molar refractivity (Wildman–Crippen MR) is 130 cm³/mol. The number of pyridine rings is 1. The van der Waals surface area contributed by atoms with Gasteiger partial charge in [0.05, 0.1) is 16.3 Å². The van der Waals surface area contributed by atoms with Gasteiger partial charge in [0.15, 0.2) is 5.65 Å². The second kappa shape index (κ2) is 8.10. The average molecular weight is 509 g/mol. The van der Waals surface area contributed by atoms with Crippen LogP contribution in [0.3, 0.4) is 0 Å². The van der Waals surface area contributed by atoms with E-state index >= 15 is 0 Å². The summed E-state index contributed by atoms with van der Waals surface area (Å²) in [6, 6.07) is 13.2. The Balaban J connectivity index is 1.65. The quantitative estimate of drug-likeness (QED) is 0.331. The minimum Gasteiger partial charge on any atom is -0.331 e. The van der Waals surface area contributed by atoms with Crippen molar-refractivity contribution in [2.45, 2.75) is 17.0 Å². The third kappa shape index (κ3) is 3.90. The van der Waals surface area contributed by atoms with Gasteiger partial charge in [0.25, 0.3) is 10.0 Å². The van der Waals surface area contributed by atoms with E-state index < -0.39 is 19.9 Å². The molecule has 0 aliphatic carbocycles. The SMILES string of the molecule is Cc1nc(-c2ccnc(S(C)(=O)=O)n2)c(-c2cnc3c(ccn3S(=O)(=O)c3ccccc3)c2)n1C. The Hall–Kier alpha value is -3.90. The largest absolute Gasteiger partial charge is 0.331 e. The first kappa shape index (κ1) is 22.9. The first-order valence-electron chi connectivity index (χ1n) is 10.4. The lowest BCUT2D eigenvalue weighted by molar-refractivity contribution is 0.588. The van der Waals surface area contributed by atoms with Gasteiger partial charge >= 0.3 is 0 Å². The number of imidazole rings is 1. The first-order chi connectivity index (χ1) is 16.6. The predicted octanol–water partition coefficient (Wildman–Crippen LogP) is 2.84. The third-order valence-electron chi connectivity index (χ3n) is 5.59. The van der Waals surface area contributed by atoms with Gasteiger partial charge in [-0.2, -0.15) is 0 Å². The molecule has 0 bridgehead atoms. The number of sulfone groups is 1. The van der Waals surface area contributed by atoms with Gasteiger partial charge in [-0.1, -0.05) is 18.2 Å². The highest BCUT2D eigenvalue weighted by molar-refractivity contribution is 7.90. The second-order valence-electron chi connectivity index (χ2n) is 7.98. The maximum Gasteiger partial charge on any atom is 0.269 e. The number of aromatic nitrogens is 6. The van der Waals surface area contributed by atoms with Crippen LogP contribution in [0.2, 0.25) is 0 Å². The van der Waals surface area contributed by atoms with Gasteiger partial charge in [-0.25, -0.2) is 40.7 Å². The minimum absolute atomic E-state index is 0.165. The van der Waals surface area contributed by atoms with Gasteiger partial charge in [0, 0.05) is 42.8 Å². The van der Waals surface area contributed by atoms with Crippen molar-refractivity contribution in [3.05, 3.63) is 72.9 Å². The fourth-order valence-corrected chi connectivity index (χ4v) is 5.65. The van der Waals surface area contributed by atoms with Crippen molar-refractivity contribution in [1.29, 1.82) is 0 Å². The van der Waals surface area contributed by atoms with Crippen molar-refractivity contribution < 1.29 is 16.8 Å². The van der Waals surface area contributed by atoms with E-state index in [1.807, 2.05) is 24.6 Å². The average Bonchev–Trinajstić information content (AvgIpc) is 3.40. The number of aryl methyl sites for hydroxylation is 1. The maximum absolute atomic E-state index is 13.1. The molecule has 4 aromatic heterocycles. The normalized spacial score (nSPS) is 12.3. The Morgan fingerprint density at radius 2 is 1.66 bits per heavy atom. The number of rotatable bonds is 5. The maximum atomic E-state index is 13.1. The highest BCUT2D eigenvalue weighted by atomic mass is 32.2. The molecular formula is C23H20N6O4S2. The molecule has 5 rings (SSSR count). The zero-order valence-electron chi connectivity index (χ0n) is 19.0. The van der Waals surface area contributed by atoms with E-state index in [0.29, 0.717) is 39.5 Å². The van der Waals surface area contributed by atoms with Crippen molar-refractivity contribution in [1.82, 2.24) is 28.5 Å². The Bertz CT molecular complexity index is 1810. The molecule has 0 N–H and O–H groups in total. The molecule has 0 saturated heterocycles. The summed E-state index contributed by atoms with van der Waals surface area (Å²) in [6.45, 7) is 1.82. The molecular weight excluding hydrogens is 488 g/mol. The minimum atomic E-state index is -3.81. The molecule has 5 aromatic rings. The van der Waals surface area contributed by atoms with Gasteiger partial charge < -0.3 is 4.57 Å². The second-order valence-corrected chi connectivity index (χ2v) is 11.7. The summed E-state index contributed by atoms with van der Waals surface area (Å²) in [7, 11) is -5.59. The van der Waals surface area contributed by atoms with E-state index in [2.05, 4.69) is 19.9 Å². The van der Waals surface area contributed by atoms with Crippen molar-refractivity contribution in [3.8, 4) is 22.6 Å². The van der Waals surface area contributed by atoms with Crippen molar-refractivity contribution in [2.24, 2.45) is 7.05 Å². The smallest absolute Gasteiger partial charge is 0.269 e. The fraction of sp³-hybridized carbons (Fsp3) is 0.130. The molecule has 4 heterocycles. The lowest BCUT2D eigenvalue weighted by Crippen LogP contribution is -2.12. The number of nitrogens with zero attached hydrogens (tertiary/aromatic N) is 6. The van der Waals surface area contributed by atoms with Crippen LogP contribution < -0.4 is 0 Å². The molecule has 10 nitrogen and oxygen atoms in total. The molecule has 0 aliphatic rings. The Kier molecular flexibility index (Phi) is 5.29. The van der Waals surface area contributed by atoms with E-state index in [-0.39, 0.29) is 10.1 Å². The number of hydrogen-bond acceptors (Lipinski definition) is 8. The molecule has 0 fully saturated rings. The van der Waals surface area contributed by atoms with Gasteiger partial charge in [-0.15, -0.1) is 0 Å². The highest BCUT2D eigenvalue weighted by Gasteiger charge is 2.23. The number of benzene rings is 1. The molecule has 0 amide bonds. The summed E-state index contributed by atoms with van der Waals surface area (Å²) in [6.07, 6.45) is 5.46. The van der Waals surface area contributed by atoms with Crippen molar-refractivity contribution in [2.75, 3.05) is 6.26 Å². The molecule has 0 atom stereocenters. The van der Waals surface area contributed by atoms with Crippen LogP contribution in [0.1, 0.15) is 5.82 Å². The zero-order valence-corrected chi connectivity index (χ0v) is 20.6. The van der Waals surface area contributed by atoms with Crippen molar-refractivity contribution in [3.63, 3.8) is 0 Å². The van der Waals surface area contributed by atoms with E-state index in [0.717, 1.165) is 10.2 Å². The standard InChI is InChI=1S/C23H20N6O4S2/c1-15-26-20(19-9-11-24-23(27-19)34(3,30)31)21(28(15)2)17-13-16-10-12-29(22(16)25-14-17)35(32,33)18-7-5-4-6-8-18/h4-14H,1-3H3. The van der Waals surface area contributed by atoms with Crippen LogP contribution in [-0.4, -0.2) is 51.6 Å². The Morgan fingerprint density at radius 3 is 2.37 bits per heavy atom. The molecule has 1 aromatic carbocycles. The van der Waals surface area contributed by atoms with Crippen LogP contribution in [0.5, 0.6) is 0 Å². The van der Waals surface area contributed by atoms with E-state index in [1.165, 1.54) is 24.5 Å². The van der Waals surface area contributed by atoms with Crippen LogP contribution in [-0.2, 0) is 26.9 Å². The molecule has 0 radical (unpaired) electrons. The molecule has 12 heteroatoms. The molecule has 0 aliphatic heterocycles. The van der Waals surface area contributed by atoms with Crippen LogP contribution in [0.4, 0.5) is 0 Å². The van der Waals surface area contributed by atoms with Crippen LogP contribution in [0.15, 0.2) is 77.2 Å². The van der Waals surface area contributed by atoms with Gasteiger partial charge in [-0.3, -0.25) is 0 Å². The summed E-state index contributed by atoms with van der Waals surface area (Å²) in [4.78, 5) is 17.3. The molecule has 0 unspecified atom stereocenters. The Labute approximate surface area is 201 Å². The summed E-state index contributed by atoms with van der Waals surface area (Å²) < 4.78 is 53.2. The van der Waals surface area contributed by atoms with Gasteiger partial charge in [-0.05, 0) is 37.3 Å². The lowest BCUT2D eigenvalue weighted by atomic mass is 10.1. The summed E-state index contributed by atoms with van der Waals surface area (Å²) in [5, 5.41) is 0.326. The summed E-state index contributed by atoms with van der Waals surface area (Å²) in [5.41, 5.74) is 2.44. The Morgan fingerprint density at radius 1 is 0.914 bits per heavy atom. The monoisotopic (exact) mass is 508 g/mol. The van der Waals surface area contributed by atoms with E-state index in [1.54, 1.807) is 36.5 Å². The van der Waals surface area contributed by atoms with Crippen LogP contribution in [0, 0.1) is 6.92 Å². The summed E-state index contributed by atoms with van der Waals surface area (Å²) >= 11 is 0. The van der Waals surface area contributed by atoms with Gasteiger partial charge in [0.2, 0.25) is 15.0 Å². The first-order valence-corrected chi connectivity index (χ1v) is 13.8. The molecule has 35 heavy (non-hydrogen) atoms. The lowest BCUT2D eigenvalue weighted by Gasteiger charge is -2.09. The fourth-order valence-electron chi connectivity index (χ4n) is 3.80. The molecule has 0 saturated carbocycles. The van der Waals surface area contributed by atoms with Crippen molar-refractivity contribution >= 4 is 30.9 Å². The topological polar surface area (TPSA) is 130 Å². The number of fused-ring (bicyclic) bond motifs is 1. The molecule has 0 spiro atoms.